The van der Waals surface area contributed by atoms with Gasteiger partial charge in [0.05, 0.1) is 10.2 Å². The minimum atomic E-state index is 0.00000541. The zero-order valence-electron chi connectivity index (χ0n) is 20.6. The molecule has 2 N–H and O–H groups in total. The molecule has 0 radical (unpaired) electrons. The van der Waals surface area contributed by atoms with Gasteiger partial charge in [-0.1, -0.05) is 54.7 Å². The Hall–Kier alpha value is -2.77. The summed E-state index contributed by atoms with van der Waals surface area (Å²) in [4.78, 5) is 31.1. The number of fused-ring (bicyclic) bond motifs is 1. The zero-order chi connectivity index (χ0) is 24.5. The van der Waals surface area contributed by atoms with Gasteiger partial charge in [0.2, 0.25) is 11.8 Å². The van der Waals surface area contributed by atoms with Crippen molar-refractivity contribution in [1.82, 2.24) is 15.2 Å². The van der Waals surface area contributed by atoms with Crippen LogP contribution in [0.2, 0.25) is 0 Å². The maximum atomic E-state index is 12.4. The predicted octanol–water partition coefficient (Wildman–Crippen LogP) is 5.04. The van der Waals surface area contributed by atoms with Gasteiger partial charge < -0.3 is 15.5 Å². The van der Waals surface area contributed by atoms with E-state index in [9.17, 15) is 9.59 Å². The Morgan fingerprint density at radius 2 is 1.83 bits per heavy atom. The van der Waals surface area contributed by atoms with Crippen LogP contribution in [0.1, 0.15) is 50.2 Å². The molecule has 0 aliphatic carbocycles. The number of carbonyl (C=O) groups is 2. The minimum absolute atomic E-state index is 0.00000541. The summed E-state index contributed by atoms with van der Waals surface area (Å²) < 4.78 is 1.03. The minimum Gasteiger partial charge on any atom is -0.355 e. The molecule has 1 aromatic heterocycles. The summed E-state index contributed by atoms with van der Waals surface area (Å²) in [6.45, 7) is 5.84. The monoisotopic (exact) mass is 492 g/mol. The summed E-state index contributed by atoms with van der Waals surface area (Å²) in [7, 11) is 0. The lowest BCUT2D eigenvalue weighted by atomic mass is 9.90. The number of aromatic nitrogens is 1. The highest BCUT2D eigenvalue weighted by atomic mass is 32.1. The van der Waals surface area contributed by atoms with E-state index < -0.39 is 0 Å². The molecular weight excluding hydrogens is 456 g/mol. The number of amides is 2. The highest BCUT2D eigenvalue weighted by molar-refractivity contribution is 7.22. The molecule has 0 atom stereocenters. The van der Waals surface area contributed by atoms with Gasteiger partial charge in [0, 0.05) is 25.9 Å². The molecule has 35 heavy (non-hydrogen) atoms. The number of anilines is 1. The average molecular weight is 493 g/mol. The van der Waals surface area contributed by atoms with Crippen LogP contribution >= 0.6 is 11.3 Å². The van der Waals surface area contributed by atoms with Crippen LogP contribution in [0, 0.1) is 5.92 Å². The number of likely N-dealkylation sites (tertiary alicyclic amines) is 1. The molecule has 4 rings (SSSR count). The van der Waals surface area contributed by atoms with Gasteiger partial charge in [0.25, 0.3) is 0 Å². The van der Waals surface area contributed by atoms with Crippen molar-refractivity contribution >= 4 is 38.5 Å². The quantitative estimate of drug-likeness (QED) is 0.393. The Morgan fingerprint density at radius 3 is 2.60 bits per heavy atom. The Labute approximate surface area is 212 Å². The molecule has 1 saturated heterocycles. The van der Waals surface area contributed by atoms with Crippen LogP contribution in [0.5, 0.6) is 0 Å². The molecule has 2 aromatic carbocycles. The van der Waals surface area contributed by atoms with Crippen LogP contribution in [0.25, 0.3) is 10.2 Å². The van der Waals surface area contributed by atoms with Crippen molar-refractivity contribution in [3.8, 4) is 0 Å². The molecule has 1 fully saturated rings. The van der Waals surface area contributed by atoms with Crippen molar-refractivity contribution in [1.29, 1.82) is 0 Å². The summed E-state index contributed by atoms with van der Waals surface area (Å²) in [5, 5.41) is 6.59. The number of aryl methyl sites for hydroxylation is 1. The molecule has 0 spiro atoms. The Kier molecular flexibility index (Phi) is 9.26. The number of carbonyl (C=O) groups excluding carboxylic acids is 2. The third-order valence-corrected chi connectivity index (χ3v) is 7.58. The maximum Gasteiger partial charge on any atom is 0.226 e. The van der Waals surface area contributed by atoms with E-state index in [1.807, 2.05) is 19.1 Å². The maximum absolute atomic E-state index is 12.4. The van der Waals surface area contributed by atoms with Crippen LogP contribution in [-0.2, 0) is 22.4 Å². The Morgan fingerprint density at radius 1 is 1.03 bits per heavy atom. The van der Waals surface area contributed by atoms with E-state index in [2.05, 4.69) is 56.9 Å². The van der Waals surface area contributed by atoms with Gasteiger partial charge in [-0.05, 0) is 74.4 Å². The van der Waals surface area contributed by atoms with Crippen molar-refractivity contribution in [3.63, 3.8) is 0 Å². The van der Waals surface area contributed by atoms with Crippen LogP contribution in [-0.4, -0.2) is 47.9 Å². The van der Waals surface area contributed by atoms with Crippen LogP contribution in [0.4, 0.5) is 5.13 Å². The van der Waals surface area contributed by atoms with Crippen molar-refractivity contribution in [2.45, 2.75) is 51.9 Å². The van der Waals surface area contributed by atoms with Crippen molar-refractivity contribution < 1.29 is 9.59 Å². The highest BCUT2D eigenvalue weighted by Crippen LogP contribution is 2.27. The first kappa shape index (κ1) is 25.3. The lowest BCUT2D eigenvalue weighted by molar-refractivity contribution is -0.121. The zero-order valence-corrected chi connectivity index (χ0v) is 21.4. The number of rotatable bonds is 11. The van der Waals surface area contributed by atoms with Gasteiger partial charge in [0.15, 0.2) is 5.13 Å². The van der Waals surface area contributed by atoms with Crippen molar-refractivity contribution in [2.24, 2.45) is 5.92 Å². The molecule has 3 aromatic rings. The fourth-order valence-corrected chi connectivity index (χ4v) is 5.59. The van der Waals surface area contributed by atoms with Gasteiger partial charge in [-0.3, -0.25) is 9.59 Å². The second kappa shape index (κ2) is 12.8. The van der Waals surface area contributed by atoms with Gasteiger partial charge in [-0.25, -0.2) is 4.98 Å². The fraction of sp³-hybridized carbons (Fsp3) is 0.464. The van der Waals surface area contributed by atoms with Crippen molar-refractivity contribution in [3.05, 3.63) is 59.7 Å². The second-order valence-electron chi connectivity index (χ2n) is 9.44. The van der Waals surface area contributed by atoms with E-state index in [4.69, 9.17) is 0 Å². The fourth-order valence-electron chi connectivity index (χ4n) is 4.65. The topological polar surface area (TPSA) is 74.3 Å². The summed E-state index contributed by atoms with van der Waals surface area (Å²) in [6.07, 6.45) is 6.12. The molecule has 0 unspecified atom stereocenters. The van der Waals surface area contributed by atoms with Crippen LogP contribution in [0.3, 0.4) is 0 Å². The number of thiazole rings is 1. The molecular formula is C28H36N4O2S. The first-order valence-electron chi connectivity index (χ1n) is 12.8. The first-order valence-corrected chi connectivity index (χ1v) is 13.6. The van der Waals surface area contributed by atoms with E-state index in [1.165, 1.54) is 36.2 Å². The van der Waals surface area contributed by atoms with E-state index >= 15 is 0 Å². The van der Waals surface area contributed by atoms with Gasteiger partial charge in [-0.15, -0.1) is 0 Å². The van der Waals surface area contributed by atoms with Gasteiger partial charge in [0.1, 0.15) is 0 Å². The average Bonchev–Trinajstić information content (AvgIpc) is 3.26. The van der Waals surface area contributed by atoms with Crippen LogP contribution < -0.4 is 10.6 Å². The number of nitrogens with zero attached hydrogens (tertiary/aromatic N) is 2. The van der Waals surface area contributed by atoms with Gasteiger partial charge >= 0.3 is 0 Å². The summed E-state index contributed by atoms with van der Waals surface area (Å²) >= 11 is 1.48. The molecule has 6 nitrogen and oxygen atoms in total. The SMILES string of the molecule is CCCC(=O)Nc1nc2ccc(CCC(=O)NCCN3CCC(Cc4ccccc4)CC3)cc2s1. The number of nitrogens with one attached hydrogen (secondary N) is 2. The summed E-state index contributed by atoms with van der Waals surface area (Å²) in [6, 6.07) is 16.8. The van der Waals surface area contributed by atoms with Gasteiger partial charge in [-0.2, -0.15) is 0 Å². The molecule has 186 valence electrons. The Balaban J connectivity index is 1.14. The highest BCUT2D eigenvalue weighted by Gasteiger charge is 2.19. The van der Waals surface area contributed by atoms with Crippen LogP contribution in [0.15, 0.2) is 48.5 Å². The molecule has 1 aliphatic heterocycles. The van der Waals surface area contributed by atoms with E-state index in [0.717, 1.165) is 47.8 Å². The number of benzene rings is 2. The Bertz CT molecular complexity index is 1110. The normalized spacial score (nSPS) is 14.8. The summed E-state index contributed by atoms with van der Waals surface area (Å²) in [5.74, 6) is 0.865. The smallest absolute Gasteiger partial charge is 0.226 e. The first-order chi connectivity index (χ1) is 17.1. The number of hydrogen-bond acceptors (Lipinski definition) is 5. The lowest BCUT2D eigenvalue weighted by Crippen LogP contribution is -2.40. The largest absolute Gasteiger partial charge is 0.355 e. The lowest BCUT2D eigenvalue weighted by Gasteiger charge is -2.32. The number of piperidine rings is 1. The molecule has 1 aliphatic rings. The number of hydrogen-bond donors (Lipinski definition) is 2. The molecule has 0 bridgehead atoms. The third kappa shape index (κ3) is 7.87. The second-order valence-corrected chi connectivity index (χ2v) is 10.5. The van der Waals surface area contributed by atoms with E-state index in [0.29, 0.717) is 30.9 Å². The predicted molar refractivity (Wildman–Crippen MR) is 144 cm³/mol. The molecule has 0 saturated carbocycles. The van der Waals surface area contributed by atoms with E-state index in [1.54, 1.807) is 0 Å². The standard InChI is InChI=1S/C28H36N4O2S/c1-2-6-27(34)31-28-30-24-11-9-22(20-25(24)35-28)10-12-26(33)29-15-18-32-16-13-23(14-17-32)19-21-7-4-3-5-8-21/h3-5,7-9,11,20,23H,2,6,10,12-19H2,1H3,(H,29,33)(H,30,31,34). The molecule has 2 heterocycles. The van der Waals surface area contributed by atoms with Crippen molar-refractivity contribution in [2.75, 3.05) is 31.5 Å². The third-order valence-electron chi connectivity index (χ3n) is 6.64. The molecule has 2 amide bonds. The summed E-state index contributed by atoms with van der Waals surface area (Å²) in [5.41, 5.74) is 3.43. The van der Waals surface area contributed by atoms with E-state index in [-0.39, 0.29) is 11.8 Å². The molecule has 7 heteroatoms.